The summed E-state index contributed by atoms with van der Waals surface area (Å²) in [5, 5.41) is 21.0. The summed E-state index contributed by atoms with van der Waals surface area (Å²) in [4.78, 5) is 13.6. The average molecular weight is 381 g/mol. The van der Waals surface area contributed by atoms with Crippen LogP contribution in [0.25, 0.3) is 5.65 Å². The van der Waals surface area contributed by atoms with Crippen LogP contribution in [-0.2, 0) is 13.0 Å². The zero-order valence-corrected chi connectivity index (χ0v) is 16.2. The molecule has 0 amide bonds. The van der Waals surface area contributed by atoms with Crippen molar-refractivity contribution in [3.63, 3.8) is 0 Å². The van der Waals surface area contributed by atoms with Gasteiger partial charge < -0.3 is 15.7 Å². The summed E-state index contributed by atoms with van der Waals surface area (Å²) in [6, 6.07) is 4.13. The van der Waals surface area contributed by atoms with Gasteiger partial charge in [-0.25, -0.2) is 0 Å². The van der Waals surface area contributed by atoms with Gasteiger partial charge in [0.25, 0.3) is 0 Å². The minimum Gasteiger partial charge on any atom is -0.396 e. The molecule has 28 heavy (non-hydrogen) atoms. The number of aromatic nitrogens is 5. The number of anilines is 2. The molecule has 0 spiro atoms. The van der Waals surface area contributed by atoms with Gasteiger partial charge in [0.2, 0.25) is 11.9 Å². The van der Waals surface area contributed by atoms with E-state index in [4.69, 9.17) is 9.97 Å². The molecule has 3 aromatic heterocycles. The maximum absolute atomic E-state index is 9.71. The first-order valence-corrected chi connectivity index (χ1v) is 10.0. The molecule has 1 aliphatic carbocycles. The van der Waals surface area contributed by atoms with Gasteiger partial charge in [0, 0.05) is 43.1 Å². The Morgan fingerprint density at radius 1 is 1.21 bits per heavy atom. The van der Waals surface area contributed by atoms with Gasteiger partial charge in [-0.15, -0.1) is 0 Å². The SMILES string of the molecule is CCc1cnn2c(NCc3cccnc3)nc(NC3CCCCC3CO)nc12. The Hall–Kier alpha value is -2.74. The van der Waals surface area contributed by atoms with Crippen LogP contribution in [0.15, 0.2) is 30.7 Å². The molecule has 0 aromatic carbocycles. The second kappa shape index (κ2) is 8.52. The van der Waals surface area contributed by atoms with Crippen molar-refractivity contribution in [1.82, 2.24) is 24.6 Å². The summed E-state index contributed by atoms with van der Waals surface area (Å²) in [7, 11) is 0. The summed E-state index contributed by atoms with van der Waals surface area (Å²) in [5.41, 5.74) is 2.96. The molecule has 1 aliphatic rings. The third-order valence-electron chi connectivity index (χ3n) is 5.45. The lowest BCUT2D eigenvalue weighted by atomic mass is 9.85. The van der Waals surface area contributed by atoms with Crippen LogP contribution in [0.3, 0.4) is 0 Å². The predicted octanol–water partition coefficient (Wildman–Crippen LogP) is 2.66. The monoisotopic (exact) mass is 381 g/mol. The van der Waals surface area contributed by atoms with E-state index in [9.17, 15) is 5.11 Å². The van der Waals surface area contributed by atoms with Crippen LogP contribution < -0.4 is 10.6 Å². The Labute approximate surface area is 164 Å². The van der Waals surface area contributed by atoms with E-state index < -0.39 is 0 Å². The third kappa shape index (κ3) is 3.91. The van der Waals surface area contributed by atoms with Crippen LogP contribution in [0, 0.1) is 5.92 Å². The normalized spacial score (nSPS) is 19.6. The highest BCUT2D eigenvalue weighted by atomic mass is 16.3. The van der Waals surface area contributed by atoms with Crippen LogP contribution >= 0.6 is 0 Å². The van der Waals surface area contributed by atoms with Crippen molar-refractivity contribution < 1.29 is 5.11 Å². The highest BCUT2D eigenvalue weighted by molar-refractivity contribution is 5.54. The molecule has 0 bridgehead atoms. The number of rotatable bonds is 7. The van der Waals surface area contributed by atoms with Gasteiger partial charge in [0.15, 0.2) is 5.65 Å². The predicted molar refractivity (Wildman–Crippen MR) is 108 cm³/mol. The molecule has 0 saturated heterocycles. The number of fused-ring (bicyclic) bond motifs is 1. The number of pyridine rings is 1. The van der Waals surface area contributed by atoms with E-state index in [1.54, 1.807) is 10.7 Å². The number of aliphatic hydroxyl groups excluding tert-OH is 1. The Kier molecular flexibility index (Phi) is 5.66. The number of nitrogens with zero attached hydrogens (tertiary/aromatic N) is 5. The largest absolute Gasteiger partial charge is 0.396 e. The van der Waals surface area contributed by atoms with E-state index in [0.717, 1.165) is 42.5 Å². The molecule has 3 N–H and O–H groups in total. The molecule has 3 aromatic rings. The molecule has 0 radical (unpaired) electrons. The van der Waals surface area contributed by atoms with Crippen LogP contribution in [0.4, 0.5) is 11.9 Å². The molecule has 4 rings (SSSR count). The Balaban J connectivity index is 1.62. The van der Waals surface area contributed by atoms with Gasteiger partial charge >= 0.3 is 0 Å². The number of hydrogen-bond donors (Lipinski definition) is 3. The molecule has 1 fully saturated rings. The zero-order chi connectivity index (χ0) is 19.3. The first-order chi connectivity index (χ1) is 13.8. The fourth-order valence-electron chi connectivity index (χ4n) is 3.82. The topological polar surface area (TPSA) is 100 Å². The van der Waals surface area contributed by atoms with Gasteiger partial charge in [0.05, 0.1) is 6.20 Å². The van der Waals surface area contributed by atoms with Crippen molar-refractivity contribution in [2.24, 2.45) is 5.92 Å². The highest BCUT2D eigenvalue weighted by Crippen LogP contribution is 2.27. The minimum atomic E-state index is 0.193. The van der Waals surface area contributed by atoms with Crippen molar-refractivity contribution in [3.8, 4) is 0 Å². The number of aryl methyl sites for hydroxylation is 1. The molecule has 1 saturated carbocycles. The summed E-state index contributed by atoms with van der Waals surface area (Å²) in [6.45, 7) is 2.89. The van der Waals surface area contributed by atoms with E-state index in [1.165, 1.54) is 6.42 Å². The highest BCUT2D eigenvalue weighted by Gasteiger charge is 2.25. The third-order valence-corrected chi connectivity index (χ3v) is 5.45. The fourth-order valence-corrected chi connectivity index (χ4v) is 3.82. The number of hydrogen-bond acceptors (Lipinski definition) is 7. The second-order valence-electron chi connectivity index (χ2n) is 7.32. The number of aliphatic hydroxyl groups is 1. The first kappa shape index (κ1) is 18.6. The zero-order valence-electron chi connectivity index (χ0n) is 16.2. The molecule has 8 nitrogen and oxygen atoms in total. The molecular weight excluding hydrogens is 354 g/mol. The lowest BCUT2D eigenvalue weighted by Gasteiger charge is -2.30. The molecule has 2 unspecified atom stereocenters. The van der Waals surface area contributed by atoms with Crippen LogP contribution in [0.5, 0.6) is 0 Å². The first-order valence-electron chi connectivity index (χ1n) is 10.0. The average Bonchev–Trinajstić information content (AvgIpc) is 3.16. The van der Waals surface area contributed by atoms with E-state index in [1.807, 2.05) is 24.5 Å². The van der Waals surface area contributed by atoms with Crippen molar-refractivity contribution >= 4 is 17.5 Å². The maximum atomic E-state index is 9.71. The fraction of sp³-hybridized carbons (Fsp3) is 0.500. The van der Waals surface area contributed by atoms with Crippen LogP contribution in [0.1, 0.15) is 43.7 Å². The van der Waals surface area contributed by atoms with Gasteiger partial charge in [-0.2, -0.15) is 19.6 Å². The van der Waals surface area contributed by atoms with Gasteiger partial charge in [-0.1, -0.05) is 25.8 Å². The van der Waals surface area contributed by atoms with Gasteiger partial charge in [-0.05, 0) is 30.9 Å². The summed E-state index contributed by atoms with van der Waals surface area (Å²) >= 11 is 0. The molecule has 148 valence electrons. The summed E-state index contributed by atoms with van der Waals surface area (Å²) in [5.74, 6) is 1.48. The van der Waals surface area contributed by atoms with Crippen molar-refractivity contribution in [1.29, 1.82) is 0 Å². The van der Waals surface area contributed by atoms with Crippen LogP contribution in [-0.4, -0.2) is 42.3 Å². The van der Waals surface area contributed by atoms with E-state index in [-0.39, 0.29) is 18.6 Å². The van der Waals surface area contributed by atoms with Crippen molar-refractivity contribution in [2.75, 3.05) is 17.2 Å². The minimum absolute atomic E-state index is 0.193. The smallest absolute Gasteiger partial charge is 0.229 e. The number of nitrogens with one attached hydrogen (secondary N) is 2. The molecule has 3 heterocycles. The quantitative estimate of drug-likeness (QED) is 0.578. The van der Waals surface area contributed by atoms with Crippen molar-refractivity contribution in [2.45, 2.75) is 51.6 Å². The lowest BCUT2D eigenvalue weighted by molar-refractivity contribution is 0.178. The van der Waals surface area contributed by atoms with Crippen LogP contribution in [0.2, 0.25) is 0 Å². The Morgan fingerprint density at radius 2 is 2.11 bits per heavy atom. The second-order valence-corrected chi connectivity index (χ2v) is 7.32. The van der Waals surface area contributed by atoms with Crippen molar-refractivity contribution in [3.05, 3.63) is 41.9 Å². The Bertz CT molecular complexity index is 912. The molecular formula is C20H27N7O. The van der Waals surface area contributed by atoms with Gasteiger partial charge in [0.1, 0.15) is 0 Å². The summed E-state index contributed by atoms with van der Waals surface area (Å²) in [6.07, 6.45) is 10.7. The van der Waals surface area contributed by atoms with Gasteiger partial charge in [-0.3, -0.25) is 4.98 Å². The molecule has 2 atom stereocenters. The lowest BCUT2D eigenvalue weighted by Crippen LogP contribution is -2.35. The molecule has 8 heteroatoms. The molecule has 0 aliphatic heterocycles. The standard InChI is InChI=1S/C20H27N7O/c1-2-15-12-23-27-18(15)25-19(24-17-8-4-3-7-16(17)13-28)26-20(27)22-11-14-6-5-9-21-10-14/h5-6,9-10,12,16-17,28H,2-4,7-8,11,13H2,1H3,(H2,22,24,25,26). The van der Waals surface area contributed by atoms with E-state index in [0.29, 0.717) is 18.4 Å². The van der Waals surface area contributed by atoms with E-state index in [2.05, 4.69) is 27.6 Å². The maximum Gasteiger partial charge on any atom is 0.229 e. The van der Waals surface area contributed by atoms with E-state index >= 15 is 0 Å². The summed E-state index contributed by atoms with van der Waals surface area (Å²) < 4.78 is 1.75. The Morgan fingerprint density at radius 3 is 2.89 bits per heavy atom.